The van der Waals surface area contributed by atoms with Crippen LogP contribution in [-0.2, 0) is 10.2 Å². The minimum atomic E-state index is -3.06. The second-order valence-electron chi connectivity index (χ2n) is 9.20. The third-order valence-corrected chi connectivity index (χ3v) is 6.10. The molecule has 3 aromatic rings. The molecule has 174 valence electrons. The van der Waals surface area contributed by atoms with Gasteiger partial charge in [0.15, 0.2) is 0 Å². The van der Waals surface area contributed by atoms with Gasteiger partial charge >= 0.3 is 6.55 Å². The van der Waals surface area contributed by atoms with Gasteiger partial charge in [0.05, 0.1) is 24.0 Å². The van der Waals surface area contributed by atoms with Gasteiger partial charge in [0.1, 0.15) is 11.3 Å². The largest absolute Gasteiger partial charge is 0.473 e. The Kier molecular flexibility index (Phi) is 4.78. The standard InChI is InChI=1S/C22H23F2N5O4/c1-12(2)33-17-14(25-16(30)13-5-4-6-29(18(13)31)19(23)24)7-28-8-15(26-20(28)27-17)22-9-21(3,10-22)32-11-22/h4-8,12,19H,9-11H2,1-3H3,(H,25,30). The number of carbonyl (C=O) groups excluding carboxylic acids is 1. The number of nitrogens with zero attached hydrogens (tertiary/aromatic N) is 4. The highest BCUT2D eigenvalue weighted by molar-refractivity contribution is 6.04. The molecule has 5 heterocycles. The van der Waals surface area contributed by atoms with Crippen LogP contribution in [0.2, 0.25) is 0 Å². The van der Waals surface area contributed by atoms with E-state index in [1.54, 1.807) is 24.4 Å². The van der Waals surface area contributed by atoms with Crippen molar-refractivity contribution in [2.45, 2.75) is 57.3 Å². The molecule has 0 unspecified atom stereocenters. The van der Waals surface area contributed by atoms with Gasteiger partial charge in [-0.05, 0) is 45.7 Å². The summed E-state index contributed by atoms with van der Waals surface area (Å²) in [6.07, 6.45) is 5.87. The number of nitrogens with one attached hydrogen (secondary N) is 1. The van der Waals surface area contributed by atoms with E-state index in [0.29, 0.717) is 12.4 Å². The third kappa shape index (κ3) is 3.56. The molecular weight excluding hydrogens is 436 g/mol. The summed E-state index contributed by atoms with van der Waals surface area (Å²) < 4.78 is 39.6. The molecule has 2 saturated heterocycles. The lowest BCUT2D eigenvalue weighted by Crippen LogP contribution is -2.45. The number of anilines is 1. The van der Waals surface area contributed by atoms with E-state index in [0.717, 1.165) is 24.7 Å². The van der Waals surface area contributed by atoms with Crippen molar-refractivity contribution in [3.8, 4) is 5.88 Å². The quantitative estimate of drug-likeness (QED) is 0.608. The van der Waals surface area contributed by atoms with Crippen molar-refractivity contribution in [1.82, 2.24) is 18.9 Å². The van der Waals surface area contributed by atoms with Crippen LogP contribution in [0.1, 0.15) is 56.2 Å². The summed E-state index contributed by atoms with van der Waals surface area (Å²) in [5.41, 5.74) is -0.716. The van der Waals surface area contributed by atoms with E-state index in [1.165, 1.54) is 12.1 Å². The number of aromatic nitrogens is 4. The van der Waals surface area contributed by atoms with Crippen molar-refractivity contribution in [2.24, 2.45) is 0 Å². The average Bonchev–Trinajstić information content (AvgIpc) is 3.38. The van der Waals surface area contributed by atoms with Crippen LogP contribution in [0.15, 0.2) is 35.5 Å². The lowest BCUT2D eigenvalue weighted by molar-refractivity contribution is 0.0154. The van der Waals surface area contributed by atoms with Crippen LogP contribution in [0, 0.1) is 0 Å². The van der Waals surface area contributed by atoms with Crippen LogP contribution >= 0.6 is 0 Å². The Morgan fingerprint density at radius 1 is 1.27 bits per heavy atom. The number of halogens is 2. The number of ether oxygens (including phenoxy) is 2. The molecule has 6 rings (SSSR count). The predicted octanol–water partition coefficient (Wildman–Crippen LogP) is 3.15. The Bertz CT molecular complexity index is 1310. The van der Waals surface area contributed by atoms with Gasteiger partial charge in [0, 0.05) is 24.0 Å². The number of rotatable bonds is 6. The predicted molar refractivity (Wildman–Crippen MR) is 114 cm³/mol. The molecule has 1 N–H and O–H groups in total. The molecule has 2 aliphatic heterocycles. The van der Waals surface area contributed by atoms with Gasteiger partial charge in [0.2, 0.25) is 11.7 Å². The Balaban J connectivity index is 1.51. The van der Waals surface area contributed by atoms with Crippen LogP contribution < -0.4 is 15.6 Å². The van der Waals surface area contributed by atoms with E-state index in [9.17, 15) is 18.4 Å². The summed E-state index contributed by atoms with van der Waals surface area (Å²) in [7, 11) is 0. The molecule has 0 radical (unpaired) electrons. The highest BCUT2D eigenvalue weighted by Gasteiger charge is 2.61. The minimum absolute atomic E-state index is 0.102. The molecule has 11 heteroatoms. The molecule has 3 fully saturated rings. The van der Waals surface area contributed by atoms with Gasteiger partial charge in [-0.2, -0.15) is 13.8 Å². The van der Waals surface area contributed by atoms with Gasteiger partial charge in [-0.3, -0.25) is 18.6 Å². The fraction of sp³-hybridized carbons (Fsp3) is 0.455. The summed E-state index contributed by atoms with van der Waals surface area (Å²) in [5.74, 6) is -0.331. The highest BCUT2D eigenvalue weighted by atomic mass is 19.3. The topological polar surface area (TPSA) is 99.8 Å². The van der Waals surface area contributed by atoms with Crippen molar-refractivity contribution < 1.29 is 23.0 Å². The first kappa shape index (κ1) is 21.5. The fourth-order valence-electron chi connectivity index (χ4n) is 4.74. The maximum Gasteiger partial charge on any atom is 0.321 e. The van der Waals surface area contributed by atoms with Crippen LogP contribution in [0.25, 0.3) is 5.78 Å². The Hall–Kier alpha value is -3.34. The molecule has 1 aliphatic carbocycles. The average molecular weight is 459 g/mol. The normalized spacial score (nSPS) is 23.8. The fourth-order valence-corrected chi connectivity index (χ4v) is 4.74. The summed E-state index contributed by atoms with van der Waals surface area (Å²) in [4.78, 5) is 34.2. The molecular formula is C22H23F2N5O4. The summed E-state index contributed by atoms with van der Waals surface area (Å²) in [5, 5.41) is 2.58. The molecule has 3 aromatic heterocycles. The molecule has 9 nitrogen and oxygen atoms in total. The number of carbonyl (C=O) groups is 1. The summed E-state index contributed by atoms with van der Waals surface area (Å²) in [6.45, 7) is 3.23. The second-order valence-corrected chi connectivity index (χ2v) is 9.20. The lowest BCUT2D eigenvalue weighted by atomic mass is 9.62. The maximum absolute atomic E-state index is 13.1. The Morgan fingerprint density at radius 3 is 2.67 bits per heavy atom. The molecule has 1 amide bonds. The Labute approximate surface area is 187 Å². The SMILES string of the molecule is CC(C)Oc1nc2nc(C34COC(C)(C3)C4)cn2cc1NC(=O)c1cccn(C(F)F)c1=O. The van der Waals surface area contributed by atoms with Gasteiger partial charge in [-0.1, -0.05) is 0 Å². The molecule has 3 aliphatic rings. The van der Waals surface area contributed by atoms with E-state index < -0.39 is 23.6 Å². The number of fused-ring (bicyclic) bond motifs is 2. The number of alkyl halides is 2. The zero-order chi connectivity index (χ0) is 23.5. The smallest absolute Gasteiger partial charge is 0.321 e. The van der Waals surface area contributed by atoms with E-state index in [4.69, 9.17) is 9.47 Å². The first-order valence-electron chi connectivity index (χ1n) is 10.6. The molecule has 2 bridgehead atoms. The van der Waals surface area contributed by atoms with E-state index in [2.05, 4.69) is 22.2 Å². The van der Waals surface area contributed by atoms with Crippen LogP contribution in [0.5, 0.6) is 5.88 Å². The molecule has 0 atom stereocenters. The van der Waals surface area contributed by atoms with E-state index >= 15 is 0 Å². The number of hydrogen-bond donors (Lipinski definition) is 1. The van der Waals surface area contributed by atoms with Crippen molar-refractivity contribution in [2.75, 3.05) is 11.9 Å². The number of pyridine rings is 1. The zero-order valence-corrected chi connectivity index (χ0v) is 18.3. The monoisotopic (exact) mass is 459 g/mol. The van der Waals surface area contributed by atoms with Gasteiger partial charge in [0.25, 0.3) is 11.5 Å². The molecule has 1 saturated carbocycles. The summed E-state index contributed by atoms with van der Waals surface area (Å²) >= 11 is 0. The lowest BCUT2D eigenvalue weighted by Gasteiger charge is -2.41. The maximum atomic E-state index is 13.1. The molecule has 0 aromatic carbocycles. The van der Waals surface area contributed by atoms with Crippen LogP contribution in [-0.4, -0.2) is 43.2 Å². The number of hydrogen-bond acceptors (Lipinski definition) is 6. The summed E-state index contributed by atoms with van der Waals surface area (Å²) in [6, 6.07) is 2.40. The van der Waals surface area contributed by atoms with Gasteiger partial charge in [-0.15, -0.1) is 0 Å². The first-order chi connectivity index (χ1) is 15.6. The van der Waals surface area contributed by atoms with Crippen LogP contribution in [0.4, 0.5) is 14.5 Å². The van der Waals surface area contributed by atoms with Crippen LogP contribution in [0.3, 0.4) is 0 Å². The number of amides is 1. The van der Waals surface area contributed by atoms with Gasteiger partial charge in [-0.25, -0.2) is 4.98 Å². The van der Waals surface area contributed by atoms with Crippen molar-refractivity contribution in [1.29, 1.82) is 0 Å². The molecule has 0 spiro atoms. The van der Waals surface area contributed by atoms with E-state index in [-0.39, 0.29) is 33.3 Å². The second kappa shape index (κ2) is 7.34. The van der Waals surface area contributed by atoms with E-state index in [1.807, 2.05) is 6.20 Å². The van der Waals surface area contributed by atoms with Crippen molar-refractivity contribution in [3.63, 3.8) is 0 Å². The zero-order valence-electron chi connectivity index (χ0n) is 18.3. The van der Waals surface area contributed by atoms with Gasteiger partial charge < -0.3 is 14.8 Å². The molecule has 33 heavy (non-hydrogen) atoms. The third-order valence-electron chi connectivity index (χ3n) is 6.10. The van der Waals surface area contributed by atoms with Crippen molar-refractivity contribution >= 4 is 17.4 Å². The van der Waals surface area contributed by atoms with Crippen molar-refractivity contribution in [3.05, 3.63) is 52.3 Å². The number of imidazole rings is 1. The highest BCUT2D eigenvalue weighted by Crippen LogP contribution is 2.58. The first-order valence-corrected chi connectivity index (χ1v) is 10.6. The minimum Gasteiger partial charge on any atom is -0.473 e. The Morgan fingerprint density at radius 2 is 2.03 bits per heavy atom.